The largest absolute Gasteiger partial charge is 0.352 e. The molecule has 2 N–H and O–H groups in total. The number of hydrogen-bond acceptors (Lipinski definition) is 2. The second-order valence-electron chi connectivity index (χ2n) is 7.25. The molecule has 0 fully saturated rings. The van der Waals surface area contributed by atoms with Gasteiger partial charge in [-0.15, -0.1) is 0 Å². The van der Waals surface area contributed by atoms with Crippen LogP contribution in [0.2, 0.25) is 5.02 Å². The number of hydrogen-bond donors (Lipinski definition) is 2. The van der Waals surface area contributed by atoms with Crippen molar-refractivity contribution in [3.63, 3.8) is 0 Å². The van der Waals surface area contributed by atoms with Crippen molar-refractivity contribution in [3.8, 4) is 0 Å². The van der Waals surface area contributed by atoms with Gasteiger partial charge in [-0.05, 0) is 41.3 Å². The lowest BCUT2D eigenvalue weighted by atomic mass is 10.0. The lowest BCUT2D eigenvalue weighted by Crippen LogP contribution is -2.29. The number of rotatable bonds is 7. The van der Waals surface area contributed by atoms with Gasteiger partial charge in [-0.1, -0.05) is 74.3 Å². The van der Waals surface area contributed by atoms with E-state index in [-0.39, 0.29) is 17.4 Å². The Morgan fingerprint density at radius 3 is 2.48 bits per heavy atom. The van der Waals surface area contributed by atoms with E-state index in [0.29, 0.717) is 28.7 Å². The quantitative estimate of drug-likeness (QED) is 0.510. The first-order chi connectivity index (χ1) is 14.0. The molecule has 0 aromatic heterocycles. The molecule has 0 spiro atoms. The summed E-state index contributed by atoms with van der Waals surface area (Å²) in [5, 5.41) is 7.94. The van der Waals surface area contributed by atoms with Crippen LogP contribution in [0.25, 0.3) is 10.8 Å². The van der Waals surface area contributed by atoms with Crippen molar-refractivity contribution < 1.29 is 9.59 Å². The number of fused-ring (bicyclic) bond motifs is 1. The SMILES string of the molecule is CCCC(C)CNC(=O)c1c(Cl)cccc1NC(=O)c1cccc2ccccc12. The maximum atomic E-state index is 13.0. The van der Waals surface area contributed by atoms with Crippen LogP contribution in [0, 0.1) is 5.92 Å². The predicted octanol–water partition coefficient (Wildman–Crippen LogP) is 5.91. The zero-order valence-corrected chi connectivity index (χ0v) is 17.4. The number of amides is 2. The molecule has 4 nitrogen and oxygen atoms in total. The third kappa shape index (κ3) is 4.96. The Morgan fingerprint density at radius 1 is 0.966 bits per heavy atom. The molecule has 0 radical (unpaired) electrons. The number of halogens is 1. The van der Waals surface area contributed by atoms with Crippen molar-refractivity contribution in [2.45, 2.75) is 26.7 Å². The van der Waals surface area contributed by atoms with Crippen LogP contribution in [0.4, 0.5) is 5.69 Å². The third-order valence-corrected chi connectivity index (χ3v) is 5.23. The average molecular weight is 409 g/mol. The van der Waals surface area contributed by atoms with E-state index in [1.165, 1.54) is 0 Å². The second-order valence-corrected chi connectivity index (χ2v) is 7.65. The van der Waals surface area contributed by atoms with Crippen molar-refractivity contribution in [3.05, 3.63) is 76.8 Å². The first-order valence-electron chi connectivity index (χ1n) is 9.87. The van der Waals surface area contributed by atoms with Gasteiger partial charge in [0.25, 0.3) is 11.8 Å². The van der Waals surface area contributed by atoms with E-state index >= 15 is 0 Å². The van der Waals surface area contributed by atoms with E-state index in [1.807, 2.05) is 36.4 Å². The number of anilines is 1. The first kappa shape index (κ1) is 20.9. The maximum absolute atomic E-state index is 13.0. The molecular weight excluding hydrogens is 384 g/mol. The lowest BCUT2D eigenvalue weighted by molar-refractivity contribution is 0.0948. The smallest absolute Gasteiger partial charge is 0.256 e. The van der Waals surface area contributed by atoms with E-state index in [1.54, 1.807) is 24.3 Å². The molecule has 0 aliphatic carbocycles. The van der Waals surface area contributed by atoms with Crippen LogP contribution in [-0.4, -0.2) is 18.4 Å². The molecule has 1 atom stereocenters. The van der Waals surface area contributed by atoms with Gasteiger partial charge in [0.1, 0.15) is 0 Å². The van der Waals surface area contributed by atoms with E-state index in [9.17, 15) is 9.59 Å². The summed E-state index contributed by atoms with van der Waals surface area (Å²) in [7, 11) is 0. The Labute approximate surface area is 176 Å². The van der Waals surface area contributed by atoms with Crippen LogP contribution >= 0.6 is 11.6 Å². The molecule has 0 heterocycles. The number of carbonyl (C=O) groups excluding carboxylic acids is 2. The van der Waals surface area contributed by atoms with Gasteiger partial charge in [-0.2, -0.15) is 0 Å². The highest BCUT2D eigenvalue weighted by molar-refractivity contribution is 6.35. The fraction of sp³-hybridized carbons (Fsp3) is 0.250. The van der Waals surface area contributed by atoms with E-state index in [0.717, 1.165) is 23.6 Å². The lowest BCUT2D eigenvalue weighted by Gasteiger charge is -2.15. The van der Waals surface area contributed by atoms with E-state index in [4.69, 9.17) is 11.6 Å². The summed E-state index contributed by atoms with van der Waals surface area (Å²) in [4.78, 5) is 25.8. The minimum atomic E-state index is -0.285. The second kappa shape index (κ2) is 9.57. The van der Waals surface area contributed by atoms with Gasteiger partial charge < -0.3 is 10.6 Å². The topological polar surface area (TPSA) is 58.2 Å². The zero-order valence-electron chi connectivity index (χ0n) is 16.7. The Morgan fingerprint density at radius 2 is 1.69 bits per heavy atom. The highest BCUT2D eigenvalue weighted by atomic mass is 35.5. The van der Waals surface area contributed by atoms with Gasteiger partial charge in [-0.25, -0.2) is 0 Å². The summed E-state index contributed by atoms with van der Waals surface area (Å²) < 4.78 is 0. The molecule has 0 bridgehead atoms. The summed E-state index contributed by atoms with van der Waals surface area (Å²) in [5.41, 5.74) is 1.23. The molecule has 1 unspecified atom stereocenters. The molecule has 150 valence electrons. The molecule has 0 aliphatic rings. The third-order valence-electron chi connectivity index (χ3n) is 4.92. The van der Waals surface area contributed by atoms with E-state index in [2.05, 4.69) is 24.5 Å². The van der Waals surface area contributed by atoms with Crippen LogP contribution in [0.1, 0.15) is 47.4 Å². The summed E-state index contributed by atoms with van der Waals surface area (Å²) in [6.07, 6.45) is 2.10. The molecule has 3 aromatic carbocycles. The molecular formula is C24H25ClN2O2. The maximum Gasteiger partial charge on any atom is 0.256 e. The fourth-order valence-corrected chi connectivity index (χ4v) is 3.68. The van der Waals surface area contributed by atoms with Crippen molar-refractivity contribution in [2.75, 3.05) is 11.9 Å². The zero-order chi connectivity index (χ0) is 20.8. The number of benzene rings is 3. The average Bonchev–Trinajstić information content (AvgIpc) is 2.72. The van der Waals surface area contributed by atoms with Gasteiger partial charge in [-0.3, -0.25) is 9.59 Å². The molecule has 5 heteroatoms. The highest BCUT2D eigenvalue weighted by Crippen LogP contribution is 2.26. The van der Waals surface area contributed by atoms with Crippen LogP contribution in [0.3, 0.4) is 0 Å². The summed E-state index contributed by atoms with van der Waals surface area (Å²) in [6.45, 7) is 4.78. The van der Waals surface area contributed by atoms with Crippen LogP contribution in [0.15, 0.2) is 60.7 Å². The van der Waals surface area contributed by atoms with Gasteiger partial charge in [0.05, 0.1) is 16.3 Å². The summed E-state index contributed by atoms with van der Waals surface area (Å²) in [5.74, 6) is -0.190. The standard InChI is InChI=1S/C24H25ClN2O2/c1-3-8-16(2)15-26-24(29)22-20(25)13-7-14-21(22)27-23(28)19-12-6-10-17-9-4-5-11-18(17)19/h4-7,9-14,16H,3,8,15H2,1-2H3,(H,26,29)(H,27,28). The molecule has 3 aromatic rings. The predicted molar refractivity (Wildman–Crippen MR) is 120 cm³/mol. The minimum absolute atomic E-state index is 0.280. The van der Waals surface area contributed by atoms with Gasteiger partial charge in [0, 0.05) is 12.1 Å². The van der Waals surface area contributed by atoms with Gasteiger partial charge in [0.2, 0.25) is 0 Å². The minimum Gasteiger partial charge on any atom is -0.352 e. The fourth-order valence-electron chi connectivity index (χ4n) is 3.42. The van der Waals surface area contributed by atoms with Gasteiger partial charge in [0.15, 0.2) is 0 Å². The van der Waals surface area contributed by atoms with Crippen LogP contribution in [0.5, 0.6) is 0 Å². The molecule has 0 saturated carbocycles. The number of nitrogens with one attached hydrogen (secondary N) is 2. The molecule has 3 rings (SSSR count). The molecule has 0 saturated heterocycles. The number of carbonyl (C=O) groups is 2. The van der Waals surface area contributed by atoms with Crippen molar-refractivity contribution in [2.24, 2.45) is 5.92 Å². The van der Waals surface area contributed by atoms with Crippen molar-refractivity contribution >= 4 is 39.9 Å². The normalized spacial score (nSPS) is 11.8. The van der Waals surface area contributed by atoms with Crippen LogP contribution in [-0.2, 0) is 0 Å². The first-order valence-corrected chi connectivity index (χ1v) is 10.2. The van der Waals surface area contributed by atoms with Crippen LogP contribution < -0.4 is 10.6 Å². The van der Waals surface area contributed by atoms with Crippen molar-refractivity contribution in [1.29, 1.82) is 0 Å². The molecule has 29 heavy (non-hydrogen) atoms. The Bertz CT molecular complexity index is 1030. The summed E-state index contributed by atoms with van der Waals surface area (Å²) in [6, 6.07) is 18.3. The Hall–Kier alpha value is -2.85. The van der Waals surface area contributed by atoms with Crippen molar-refractivity contribution in [1.82, 2.24) is 5.32 Å². The van der Waals surface area contributed by atoms with Gasteiger partial charge >= 0.3 is 0 Å². The Kier molecular flexibility index (Phi) is 6.89. The van der Waals surface area contributed by atoms with E-state index < -0.39 is 0 Å². The highest BCUT2D eigenvalue weighted by Gasteiger charge is 2.19. The monoisotopic (exact) mass is 408 g/mol. The molecule has 2 amide bonds. The Balaban J connectivity index is 1.85. The summed E-state index contributed by atoms with van der Waals surface area (Å²) >= 11 is 6.31. The molecule has 0 aliphatic heterocycles.